The minimum Gasteiger partial charge on any atom is -0.361 e. The molecule has 0 saturated heterocycles. The third-order valence-electron chi connectivity index (χ3n) is 3.34. The highest BCUT2D eigenvalue weighted by atomic mass is 32.2. The van der Waals surface area contributed by atoms with Crippen LogP contribution >= 0.6 is 11.8 Å². The quantitative estimate of drug-likeness (QED) is 0.890. The lowest BCUT2D eigenvalue weighted by Crippen LogP contribution is -2.30. The van der Waals surface area contributed by atoms with E-state index < -0.39 is 0 Å². The first-order valence-corrected chi connectivity index (χ1v) is 7.97. The summed E-state index contributed by atoms with van der Waals surface area (Å²) in [4.78, 5) is 12.1. The Labute approximate surface area is 129 Å². The summed E-state index contributed by atoms with van der Waals surface area (Å²) < 4.78 is 5.13. The minimum atomic E-state index is -0.109. The van der Waals surface area contributed by atoms with Gasteiger partial charge in [0.15, 0.2) is 0 Å². The normalized spacial score (nSPS) is 12.1. The fraction of sp³-hybridized carbons (Fsp3) is 0.375. The van der Waals surface area contributed by atoms with Gasteiger partial charge >= 0.3 is 0 Å². The van der Waals surface area contributed by atoms with Crippen LogP contribution in [0.5, 0.6) is 0 Å². The molecule has 0 bridgehead atoms. The molecule has 1 N–H and O–H groups in total. The van der Waals surface area contributed by atoms with E-state index in [1.165, 1.54) is 0 Å². The van der Waals surface area contributed by atoms with Crippen molar-refractivity contribution in [1.29, 1.82) is 0 Å². The highest BCUT2D eigenvalue weighted by Gasteiger charge is 2.16. The highest BCUT2D eigenvalue weighted by molar-refractivity contribution is 7.99. The van der Waals surface area contributed by atoms with Gasteiger partial charge in [0, 0.05) is 17.9 Å². The maximum atomic E-state index is 12.1. The van der Waals surface area contributed by atoms with Gasteiger partial charge in [-0.25, -0.2) is 0 Å². The molecule has 0 saturated carbocycles. The molecule has 5 heteroatoms. The van der Waals surface area contributed by atoms with Crippen LogP contribution in [0.15, 0.2) is 34.9 Å². The smallest absolute Gasteiger partial charge is 0.233 e. The highest BCUT2D eigenvalue weighted by Crippen LogP contribution is 2.22. The molecule has 21 heavy (non-hydrogen) atoms. The number of thioether (sulfide) groups is 1. The number of nitrogens with one attached hydrogen (secondary N) is 1. The molecule has 0 radical (unpaired) electrons. The molecule has 2 aromatic rings. The predicted molar refractivity (Wildman–Crippen MR) is 85.0 cm³/mol. The van der Waals surface area contributed by atoms with Crippen molar-refractivity contribution in [1.82, 2.24) is 10.5 Å². The largest absolute Gasteiger partial charge is 0.361 e. The molecule has 1 atom stereocenters. The second-order valence-electron chi connectivity index (χ2n) is 4.96. The molecular formula is C16H20N2O2S. The Morgan fingerprint density at radius 2 is 2.05 bits per heavy atom. The van der Waals surface area contributed by atoms with Crippen LogP contribution in [0.25, 0.3) is 0 Å². The van der Waals surface area contributed by atoms with Crippen LogP contribution in [0.4, 0.5) is 0 Å². The molecule has 4 nitrogen and oxygen atoms in total. The fourth-order valence-electron chi connectivity index (χ4n) is 1.92. The zero-order valence-electron chi connectivity index (χ0n) is 12.6. The lowest BCUT2D eigenvalue weighted by atomic mass is 10.2. The predicted octanol–water partition coefficient (Wildman–Crippen LogP) is 3.23. The van der Waals surface area contributed by atoms with Gasteiger partial charge in [0.2, 0.25) is 5.91 Å². The van der Waals surface area contributed by atoms with E-state index >= 15 is 0 Å². The summed E-state index contributed by atoms with van der Waals surface area (Å²) in [5.74, 6) is 1.62. The average Bonchev–Trinajstić information content (AvgIpc) is 2.82. The summed E-state index contributed by atoms with van der Waals surface area (Å²) >= 11 is 1.59. The van der Waals surface area contributed by atoms with E-state index in [4.69, 9.17) is 4.52 Å². The number of aromatic nitrogens is 1. The van der Waals surface area contributed by atoms with Crippen molar-refractivity contribution in [3.05, 3.63) is 52.9 Å². The van der Waals surface area contributed by atoms with Gasteiger partial charge in [0.25, 0.3) is 0 Å². The Balaban J connectivity index is 1.80. The standard InChI is InChI=1S/C16H20N2O2S/c1-11-15(12(2)20-18-11)10-21-13(3)16(19)17-9-14-7-5-4-6-8-14/h4-8,13H,9-10H2,1-3H3,(H,17,19). The van der Waals surface area contributed by atoms with Crippen LogP contribution < -0.4 is 5.32 Å². The van der Waals surface area contributed by atoms with Crippen LogP contribution in [-0.2, 0) is 17.1 Å². The van der Waals surface area contributed by atoms with E-state index in [1.54, 1.807) is 11.8 Å². The van der Waals surface area contributed by atoms with E-state index in [0.29, 0.717) is 6.54 Å². The number of aryl methyl sites for hydroxylation is 2. The number of hydrogen-bond acceptors (Lipinski definition) is 4. The lowest BCUT2D eigenvalue weighted by Gasteiger charge is -2.12. The number of benzene rings is 1. The summed E-state index contributed by atoms with van der Waals surface area (Å²) in [7, 11) is 0. The summed E-state index contributed by atoms with van der Waals surface area (Å²) in [6.45, 7) is 6.31. The van der Waals surface area contributed by atoms with Crippen molar-refractivity contribution >= 4 is 17.7 Å². The van der Waals surface area contributed by atoms with Crippen LogP contribution in [0.2, 0.25) is 0 Å². The van der Waals surface area contributed by atoms with Crippen molar-refractivity contribution in [2.75, 3.05) is 0 Å². The third-order valence-corrected chi connectivity index (χ3v) is 4.51. The summed E-state index contributed by atoms with van der Waals surface area (Å²) in [5.41, 5.74) is 3.09. The molecule has 1 heterocycles. The monoisotopic (exact) mass is 304 g/mol. The topological polar surface area (TPSA) is 55.1 Å². The maximum Gasteiger partial charge on any atom is 0.233 e. The number of nitrogens with zero attached hydrogens (tertiary/aromatic N) is 1. The fourth-order valence-corrected chi connectivity index (χ4v) is 2.98. The van der Waals surface area contributed by atoms with E-state index in [9.17, 15) is 4.79 Å². The van der Waals surface area contributed by atoms with E-state index in [-0.39, 0.29) is 11.2 Å². The van der Waals surface area contributed by atoms with E-state index in [2.05, 4.69) is 10.5 Å². The Bertz CT molecular complexity index is 576. The van der Waals surface area contributed by atoms with Crippen molar-refractivity contribution in [3.63, 3.8) is 0 Å². The molecule has 2 rings (SSSR count). The number of carbonyl (C=O) groups excluding carboxylic acids is 1. The summed E-state index contributed by atoms with van der Waals surface area (Å²) in [6, 6.07) is 9.91. The van der Waals surface area contributed by atoms with Crippen molar-refractivity contribution in [3.8, 4) is 0 Å². The van der Waals surface area contributed by atoms with E-state index in [0.717, 1.165) is 28.3 Å². The second kappa shape index (κ2) is 7.31. The molecule has 0 spiro atoms. The van der Waals surface area contributed by atoms with Crippen LogP contribution in [0.1, 0.15) is 29.5 Å². The van der Waals surface area contributed by atoms with Gasteiger partial charge in [-0.05, 0) is 26.3 Å². The minimum absolute atomic E-state index is 0.0515. The Morgan fingerprint density at radius 1 is 1.33 bits per heavy atom. The Kier molecular flexibility index (Phi) is 5.44. The number of carbonyl (C=O) groups is 1. The first kappa shape index (κ1) is 15.6. The first-order valence-electron chi connectivity index (χ1n) is 6.93. The van der Waals surface area contributed by atoms with E-state index in [1.807, 2.05) is 51.1 Å². The van der Waals surface area contributed by atoms with Gasteiger partial charge in [-0.3, -0.25) is 4.79 Å². The van der Waals surface area contributed by atoms with Crippen LogP contribution in [0, 0.1) is 13.8 Å². The van der Waals surface area contributed by atoms with Crippen molar-refractivity contribution < 1.29 is 9.32 Å². The van der Waals surface area contributed by atoms with Gasteiger partial charge in [-0.2, -0.15) is 0 Å². The third kappa shape index (κ3) is 4.36. The molecule has 1 aromatic carbocycles. The Morgan fingerprint density at radius 3 is 2.67 bits per heavy atom. The summed E-state index contributed by atoms with van der Waals surface area (Å²) in [5, 5.41) is 6.78. The summed E-state index contributed by atoms with van der Waals surface area (Å²) in [6.07, 6.45) is 0. The molecule has 1 amide bonds. The molecule has 0 fully saturated rings. The SMILES string of the molecule is Cc1noc(C)c1CSC(C)C(=O)NCc1ccccc1. The first-order chi connectivity index (χ1) is 10.1. The van der Waals surface area contributed by atoms with Gasteiger partial charge in [-0.1, -0.05) is 35.5 Å². The van der Waals surface area contributed by atoms with Crippen molar-refractivity contribution in [2.24, 2.45) is 0 Å². The zero-order chi connectivity index (χ0) is 15.2. The molecule has 0 aliphatic rings. The second-order valence-corrected chi connectivity index (χ2v) is 6.29. The van der Waals surface area contributed by atoms with Gasteiger partial charge in [0.1, 0.15) is 5.76 Å². The molecular weight excluding hydrogens is 284 g/mol. The molecule has 0 aliphatic heterocycles. The van der Waals surface area contributed by atoms with Crippen LogP contribution in [0.3, 0.4) is 0 Å². The van der Waals surface area contributed by atoms with Gasteiger partial charge < -0.3 is 9.84 Å². The number of hydrogen-bond donors (Lipinski definition) is 1. The maximum absolute atomic E-state index is 12.1. The van der Waals surface area contributed by atoms with Gasteiger partial charge in [-0.15, -0.1) is 11.8 Å². The zero-order valence-corrected chi connectivity index (χ0v) is 13.4. The van der Waals surface area contributed by atoms with Crippen molar-refractivity contribution in [2.45, 2.75) is 38.3 Å². The number of amides is 1. The average molecular weight is 304 g/mol. The molecule has 112 valence electrons. The molecule has 1 unspecified atom stereocenters. The molecule has 0 aliphatic carbocycles. The number of rotatable bonds is 6. The Hall–Kier alpha value is -1.75. The molecule has 1 aromatic heterocycles. The lowest BCUT2D eigenvalue weighted by molar-refractivity contribution is -0.120. The van der Waals surface area contributed by atoms with Gasteiger partial charge in [0.05, 0.1) is 10.9 Å². The van der Waals surface area contributed by atoms with Crippen LogP contribution in [-0.4, -0.2) is 16.3 Å².